The highest BCUT2D eigenvalue weighted by Crippen LogP contribution is 2.23. The van der Waals surface area contributed by atoms with Crippen LogP contribution in [0.15, 0.2) is 18.2 Å². The van der Waals surface area contributed by atoms with Crippen LogP contribution in [0.1, 0.15) is 52.1 Å². The fourth-order valence-corrected chi connectivity index (χ4v) is 3.68. The minimum absolute atomic E-state index is 0.000782. The van der Waals surface area contributed by atoms with Crippen molar-refractivity contribution in [1.82, 2.24) is 20.6 Å². The Labute approximate surface area is 166 Å². The summed E-state index contributed by atoms with van der Waals surface area (Å²) in [4.78, 5) is 21.7. The predicted molar refractivity (Wildman–Crippen MR) is 111 cm³/mol. The van der Waals surface area contributed by atoms with Crippen LogP contribution < -0.4 is 20.7 Å². The van der Waals surface area contributed by atoms with Crippen LogP contribution in [0.25, 0.3) is 10.9 Å². The van der Waals surface area contributed by atoms with Crippen LogP contribution in [0.2, 0.25) is 0 Å². The second-order valence-electron chi connectivity index (χ2n) is 7.39. The van der Waals surface area contributed by atoms with Crippen LogP contribution in [-0.4, -0.2) is 34.8 Å². The molecule has 1 aliphatic rings. The Bertz CT molecular complexity index is 826. The number of carbonyl (C=O) groups is 1. The SMILES string of the molecule is CCCCCC1C(=O)NC(Nc2nc(C)c3cc(OCC)ccc3n2)NC1C. The van der Waals surface area contributed by atoms with E-state index in [1.165, 1.54) is 0 Å². The number of fused-ring (bicyclic) bond motifs is 1. The molecule has 3 atom stereocenters. The summed E-state index contributed by atoms with van der Waals surface area (Å²) in [7, 11) is 0. The molecule has 1 aromatic heterocycles. The first kappa shape index (κ1) is 20.3. The van der Waals surface area contributed by atoms with Gasteiger partial charge in [0.25, 0.3) is 0 Å². The predicted octanol–water partition coefficient (Wildman–Crippen LogP) is 3.34. The molecule has 1 aliphatic heterocycles. The molecule has 2 heterocycles. The molecule has 0 bridgehead atoms. The first-order valence-electron chi connectivity index (χ1n) is 10.3. The lowest BCUT2D eigenvalue weighted by Gasteiger charge is -2.36. The summed E-state index contributed by atoms with van der Waals surface area (Å²) in [6.45, 7) is 8.76. The molecule has 3 rings (SSSR count). The Morgan fingerprint density at radius 2 is 2.04 bits per heavy atom. The number of hydrogen-bond donors (Lipinski definition) is 3. The van der Waals surface area contributed by atoms with E-state index in [1.807, 2.05) is 32.0 Å². The maximum atomic E-state index is 12.5. The standard InChI is InChI=1S/C21H31N5O2/c1-5-7-8-9-16-13(3)22-21(25-19(16)27)26-20-23-14(4)17-12-15(28-6-2)10-11-18(17)24-20/h10-13,16,21-22H,5-9H2,1-4H3,(H,25,27)(H,23,24,26). The van der Waals surface area contributed by atoms with E-state index in [4.69, 9.17) is 4.74 Å². The van der Waals surface area contributed by atoms with Gasteiger partial charge in [-0.1, -0.05) is 26.2 Å². The molecule has 0 spiro atoms. The second-order valence-corrected chi connectivity index (χ2v) is 7.39. The van der Waals surface area contributed by atoms with Crippen molar-refractivity contribution in [3.05, 3.63) is 23.9 Å². The minimum Gasteiger partial charge on any atom is -0.494 e. The summed E-state index contributed by atoms with van der Waals surface area (Å²) in [6.07, 6.45) is 3.92. The molecule has 0 radical (unpaired) electrons. The maximum absolute atomic E-state index is 12.5. The normalized spacial score (nSPS) is 22.1. The molecular formula is C21H31N5O2. The molecule has 1 saturated heterocycles. The van der Waals surface area contributed by atoms with Gasteiger partial charge in [0.15, 0.2) is 6.29 Å². The number of aryl methyl sites for hydroxylation is 1. The Balaban J connectivity index is 1.69. The molecule has 2 aromatic rings. The van der Waals surface area contributed by atoms with Gasteiger partial charge in [0, 0.05) is 11.4 Å². The minimum atomic E-state index is -0.385. The molecule has 1 aromatic carbocycles. The molecule has 7 nitrogen and oxygen atoms in total. The number of unbranched alkanes of at least 4 members (excludes halogenated alkanes) is 2. The van der Waals surface area contributed by atoms with Crippen LogP contribution >= 0.6 is 0 Å². The number of ether oxygens (including phenoxy) is 1. The van der Waals surface area contributed by atoms with Gasteiger partial charge in [-0.2, -0.15) is 0 Å². The van der Waals surface area contributed by atoms with E-state index in [2.05, 4.69) is 39.8 Å². The molecule has 3 N–H and O–H groups in total. The van der Waals surface area contributed by atoms with Crippen LogP contribution in [-0.2, 0) is 4.79 Å². The van der Waals surface area contributed by atoms with Gasteiger partial charge in [-0.3, -0.25) is 10.1 Å². The van der Waals surface area contributed by atoms with Crippen molar-refractivity contribution >= 4 is 22.8 Å². The van der Waals surface area contributed by atoms with E-state index in [9.17, 15) is 4.79 Å². The lowest BCUT2D eigenvalue weighted by atomic mass is 9.92. The topological polar surface area (TPSA) is 88.2 Å². The van der Waals surface area contributed by atoms with Gasteiger partial charge < -0.3 is 15.4 Å². The van der Waals surface area contributed by atoms with Crippen LogP contribution in [0.3, 0.4) is 0 Å². The number of benzene rings is 1. The van der Waals surface area contributed by atoms with Gasteiger partial charge in [0.2, 0.25) is 11.9 Å². The average molecular weight is 386 g/mol. The fourth-order valence-electron chi connectivity index (χ4n) is 3.68. The molecule has 1 amide bonds. The molecule has 0 saturated carbocycles. The fraction of sp³-hybridized carbons (Fsp3) is 0.571. The molecule has 7 heteroatoms. The van der Waals surface area contributed by atoms with Crippen molar-refractivity contribution in [2.45, 2.75) is 65.7 Å². The molecule has 3 unspecified atom stereocenters. The van der Waals surface area contributed by atoms with Crippen molar-refractivity contribution in [1.29, 1.82) is 0 Å². The zero-order valence-electron chi connectivity index (χ0n) is 17.2. The zero-order chi connectivity index (χ0) is 20.1. The highest BCUT2D eigenvalue weighted by Gasteiger charge is 2.33. The number of anilines is 1. The Morgan fingerprint density at radius 3 is 2.75 bits per heavy atom. The molecule has 152 valence electrons. The molecular weight excluding hydrogens is 354 g/mol. The van der Waals surface area contributed by atoms with Crippen molar-refractivity contribution in [3.63, 3.8) is 0 Å². The van der Waals surface area contributed by atoms with Crippen molar-refractivity contribution in [3.8, 4) is 5.75 Å². The Kier molecular flexibility index (Phi) is 6.67. The smallest absolute Gasteiger partial charge is 0.227 e. The highest BCUT2D eigenvalue weighted by molar-refractivity contribution is 5.83. The van der Waals surface area contributed by atoms with Crippen LogP contribution in [0.5, 0.6) is 5.75 Å². The lowest BCUT2D eigenvalue weighted by molar-refractivity contribution is -0.129. The van der Waals surface area contributed by atoms with Gasteiger partial charge in [-0.05, 0) is 45.4 Å². The van der Waals surface area contributed by atoms with E-state index < -0.39 is 0 Å². The summed E-state index contributed by atoms with van der Waals surface area (Å²) in [5.41, 5.74) is 1.70. The van der Waals surface area contributed by atoms with E-state index in [0.29, 0.717) is 12.6 Å². The van der Waals surface area contributed by atoms with Crippen LogP contribution in [0, 0.1) is 12.8 Å². The van der Waals surface area contributed by atoms with Gasteiger partial charge >= 0.3 is 0 Å². The first-order chi connectivity index (χ1) is 13.5. The van der Waals surface area contributed by atoms with E-state index in [-0.39, 0.29) is 24.2 Å². The summed E-state index contributed by atoms with van der Waals surface area (Å²) >= 11 is 0. The summed E-state index contributed by atoms with van der Waals surface area (Å²) in [5.74, 6) is 1.38. The third-order valence-corrected chi connectivity index (χ3v) is 5.22. The van der Waals surface area contributed by atoms with Gasteiger partial charge in [-0.25, -0.2) is 9.97 Å². The van der Waals surface area contributed by atoms with Crippen molar-refractivity contribution < 1.29 is 9.53 Å². The number of rotatable bonds is 8. The maximum Gasteiger partial charge on any atom is 0.227 e. The number of nitrogens with zero attached hydrogens (tertiary/aromatic N) is 2. The number of amides is 1. The average Bonchev–Trinajstić information content (AvgIpc) is 2.65. The highest BCUT2D eigenvalue weighted by atomic mass is 16.5. The third kappa shape index (κ3) is 4.70. The quantitative estimate of drug-likeness (QED) is 0.604. The Morgan fingerprint density at radius 1 is 1.21 bits per heavy atom. The number of hydrogen-bond acceptors (Lipinski definition) is 6. The summed E-state index contributed by atoms with van der Waals surface area (Å²) in [5, 5.41) is 10.6. The van der Waals surface area contributed by atoms with Crippen molar-refractivity contribution in [2.75, 3.05) is 11.9 Å². The molecule has 28 heavy (non-hydrogen) atoms. The number of carbonyl (C=O) groups excluding carboxylic acids is 1. The molecule has 1 fully saturated rings. The number of nitrogens with one attached hydrogen (secondary N) is 3. The van der Waals surface area contributed by atoms with E-state index in [1.54, 1.807) is 0 Å². The largest absolute Gasteiger partial charge is 0.494 e. The van der Waals surface area contributed by atoms with E-state index in [0.717, 1.165) is 48.0 Å². The van der Waals surface area contributed by atoms with Crippen molar-refractivity contribution in [2.24, 2.45) is 5.92 Å². The summed E-state index contributed by atoms with van der Waals surface area (Å²) < 4.78 is 5.56. The summed E-state index contributed by atoms with van der Waals surface area (Å²) in [6, 6.07) is 5.89. The first-order valence-corrected chi connectivity index (χ1v) is 10.3. The van der Waals surface area contributed by atoms with Gasteiger partial charge in [0.1, 0.15) is 5.75 Å². The number of aromatic nitrogens is 2. The van der Waals surface area contributed by atoms with Crippen LogP contribution in [0.4, 0.5) is 5.95 Å². The lowest BCUT2D eigenvalue weighted by Crippen LogP contribution is -2.63. The third-order valence-electron chi connectivity index (χ3n) is 5.22. The van der Waals surface area contributed by atoms with Gasteiger partial charge in [0.05, 0.1) is 23.7 Å². The molecule has 0 aliphatic carbocycles. The van der Waals surface area contributed by atoms with Gasteiger partial charge in [-0.15, -0.1) is 0 Å². The zero-order valence-corrected chi connectivity index (χ0v) is 17.2. The second kappa shape index (κ2) is 9.19. The monoisotopic (exact) mass is 385 g/mol. The Hall–Kier alpha value is -2.41. The van der Waals surface area contributed by atoms with E-state index >= 15 is 0 Å².